The Kier molecular flexibility index (Phi) is 2.85. The fourth-order valence-electron chi connectivity index (χ4n) is 2.24. The maximum Gasteiger partial charge on any atom is 0.323 e. The Labute approximate surface area is 109 Å². The normalized spacial score (nSPS) is 15.4. The number of anilines is 1. The predicted octanol–water partition coefficient (Wildman–Crippen LogP) is 2.22. The Bertz CT molecular complexity index is 634. The molecule has 0 atom stereocenters. The van der Waals surface area contributed by atoms with Crippen molar-refractivity contribution in [3.8, 4) is 0 Å². The first-order chi connectivity index (χ1) is 9.13. The molecule has 1 fully saturated rings. The van der Waals surface area contributed by atoms with Gasteiger partial charge in [-0.3, -0.25) is 9.36 Å². The van der Waals surface area contributed by atoms with Gasteiger partial charge in [-0.05, 0) is 37.5 Å². The summed E-state index contributed by atoms with van der Waals surface area (Å²) in [5, 5.41) is 12.2. The molecule has 2 N–H and O–H groups in total. The van der Waals surface area contributed by atoms with Crippen LogP contribution in [-0.2, 0) is 11.3 Å². The molecule has 2 aromatic rings. The number of rotatable bonds is 4. The topological polar surface area (TPSA) is 67.2 Å². The number of carboxylic acid groups (broad SMARTS) is 1. The quantitative estimate of drug-likeness (QED) is 0.887. The molecular weight excluding hydrogens is 249 g/mol. The summed E-state index contributed by atoms with van der Waals surface area (Å²) in [4.78, 5) is 15.3. The molecule has 1 aliphatic carbocycles. The number of aliphatic carboxylic acids is 1. The molecule has 0 saturated heterocycles. The lowest BCUT2D eigenvalue weighted by molar-refractivity contribution is -0.137. The van der Waals surface area contributed by atoms with E-state index in [4.69, 9.17) is 5.11 Å². The number of aromatic nitrogens is 2. The van der Waals surface area contributed by atoms with Crippen LogP contribution in [0.3, 0.4) is 0 Å². The van der Waals surface area contributed by atoms with Crippen molar-refractivity contribution in [2.75, 3.05) is 5.32 Å². The van der Waals surface area contributed by atoms with Crippen LogP contribution in [0.5, 0.6) is 0 Å². The van der Waals surface area contributed by atoms with Crippen molar-refractivity contribution in [3.05, 3.63) is 24.0 Å². The number of imidazole rings is 1. The maximum atomic E-state index is 13.3. The van der Waals surface area contributed by atoms with Crippen molar-refractivity contribution in [1.29, 1.82) is 0 Å². The van der Waals surface area contributed by atoms with Crippen LogP contribution in [-0.4, -0.2) is 26.7 Å². The van der Waals surface area contributed by atoms with Gasteiger partial charge in [-0.15, -0.1) is 0 Å². The summed E-state index contributed by atoms with van der Waals surface area (Å²) in [6, 6.07) is 4.55. The molecule has 1 aromatic heterocycles. The molecule has 0 bridgehead atoms. The largest absolute Gasteiger partial charge is 0.480 e. The Morgan fingerprint density at radius 3 is 2.95 bits per heavy atom. The van der Waals surface area contributed by atoms with Crippen molar-refractivity contribution in [1.82, 2.24) is 9.55 Å². The highest BCUT2D eigenvalue weighted by atomic mass is 19.1. The highest BCUT2D eigenvalue weighted by Crippen LogP contribution is 2.26. The van der Waals surface area contributed by atoms with Gasteiger partial charge in [-0.2, -0.15) is 0 Å². The molecule has 1 saturated carbocycles. The lowest BCUT2D eigenvalue weighted by atomic mass is 9.93. The van der Waals surface area contributed by atoms with Gasteiger partial charge in [0, 0.05) is 6.04 Å². The van der Waals surface area contributed by atoms with Gasteiger partial charge in [0.25, 0.3) is 0 Å². The van der Waals surface area contributed by atoms with Crippen molar-refractivity contribution in [2.24, 2.45) is 0 Å². The Morgan fingerprint density at radius 2 is 2.32 bits per heavy atom. The van der Waals surface area contributed by atoms with E-state index in [2.05, 4.69) is 10.3 Å². The van der Waals surface area contributed by atoms with E-state index in [1.54, 1.807) is 6.07 Å². The van der Waals surface area contributed by atoms with E-state index in [0.717, 1.165) is 12.8 Å². The summed E-state index contributed by atoms with van der Waals surface area (Å²) in [6.45, 7) is -0.227. The average molecular weight is 263 g/mol. The molecule has 0 amide bonds. The minimum atomic E-state index is -0.972. The third kappa shape index (κ3) is 2.25. The third-order valence-electron chi connectivity index (χ3n) is 3.44. The zero-order valence-electron chi connectivity index (χ0n) is 10.3. The summed E-state index contributed by atoms with van der Waals surface area (Å²) < 4.78 is 14.8. The first-order valence-electron chi connectivity index (χ1n) is 6.27. The number of benzene rings is 1. The van der Waals surface area contributed by atoms with Crippen molar-refractivity contribution < 1.29 is 14.3 Å². The van der Waals surface area contributed by atoms with Crippen LogP contribution in [0.2, 0.25) is 0 Å². The molecule has 1 aromatic carbocycles. The number of nitrogens with zero attached hydrogens (tertiary/aromatic N) is 2. The SMILES string of the molecule is O=C(O)Cn1c(NC2CCC2)nc2ccc(F)cc21. The molecule has 100 valence electrons. The van der Waals surface area contributed by atoms with Gasteiger partial charge in [0.1, 0.15) is 12.4 Å². The van der Waals surface area contributed by atoms with Crippen molar-refractivity contribution >= 4 is 23.0 Å². The van der Waals surface area contributed by atoms with Gasteiger partial charge in [-0.25, -0.2) is 9.37 Å². The summed E-state index contributed by atoms with van der Waals surface area (Å²) >= 11 is 0. The van der Waals surface area contributed by atoms with Gasteiger partial charge in [-0.1, -0.05) is 0 Å². The van der Waals surface area contributed by atoms with E-state index < -0.39 is 11.8 Å². The van der Waals surface area contributed by atoms with E-state index in [9.17, 15) is 9.18 Å². The molecule has 5 nitrogen and oxygen atoms in total. The number of hydrogen-bond donors (Lipinski definition) is 2. The molecule has 1 heterocycles. The lowest BCUT2D eigenvalue weighted by Gasteiger charge is -2.27. The molecule has 6 heteroatoms. The summed E-state index contributed by atoms with van der Waals surface area (Å²) in [5.74, 6) is -0.859. The maximum absolute atomic E-state index is 13.3. The van der Waals surface area contributed by atoms with Crippen LogP contribution in [0.15, 0.2) is 18.2 Å². The third-order valence-corrected chi connectivity index (χ3v) is 3.44. The van der Waals surface area contributed by atoms with E-state index in [-0.39, 0.29) is 6.54 Å². The van der Waals surface area contributed by atoms with Crippen LogP contribution in [0, 0.1) is 5.82 Å². The van der Waals surface area contributed by atoms with E-state index in [0.29, 0.717) is 23.0 Å². The Morgan fingerprint density at radius 1 is 1.53 bits per heavy atom. The van der Waals surface area contributed by atoms with Crippen LogP contribution in [0.25, 0.3) is 11.0 Å². The molecule has 19 heavy (non-hydrogen) atoms. The number of nitrogens with one attached hydrogen (secondary N) is 1. The number of carboxylic acids is 1. The highest BCUT2D eigenvalue weighted by molar-refractivity contribution is 5.81. The second-order valence-corrected chi connectivity index (χ2v) is 4.82. The van der Waals surface area contributed by atoms with Crippen LogP contribution in [0.1, 0.15) is 19.3 Å². The van der Waals surface area contributed by atoms with Crippen molar-refractivity contribution in [3.63, 3.8) is 0 Å². The second-order valence-electron chi connectivity index (χ2n) is 4.82. The highest BCUT2D eigenvalue weighted by Gasteiger charge is 2.21. The minimum absolute atomic E-state index is 0.227. The van der Waals surface area contributed by atoms with Crippen LogP contribution in [0.4, 0.5) is 10.3 Å². The zero-order valence-corrected chi connectivity index (χ0v) is 10.3. The Balaban J connectivity index is 2.04. The standard InChI is InChI=1S/C13H14FN3O2/c14-8-4-5-10-11(6-8)17(7-12(18)19)13(16-10)15-9-2-1-3-9/h4-6,9H,1-3,7H2,(H,15,16)(H,18,19). The van der Waals surface area contributed by atoms with Gasteiger partial charge >= 0.3 is 5.97 Å². The van der Waals surface area contributed by atoms with Crippen LogP contribution < -0.4 is 5.32 Å². The number of hydrogen-bond acceptors (Lipinski definition) is 3. The van der Waals surface area contributed by atoms with E-state index in [1.165, 1.54) is 23.1 Å². The first-order valence-corrected chi connectivity index (χ1v) is 6.27. The molecule has 1 aliphatic rings. The van der Waals surface area contributed by atoms with E-state index in [1.807, 2.05) is 0 Å². The average Bonchev–Trinajstić information content (AvgIpc) is 2.61. The number of halogens is 1. The minimum Gasteiger partial charge on any atom is -0.480 e. The van der Waals surface area contributed by atoms with E-state index >= 15 is 0 Å². The second kappa shape index (κ2) is 4.53. The van der Waals surface area contributed by atoms with Gasteiger partial charge in [0.2, 0.25) is 5.95 Å². The summed E-state index contributed by atoms with van der Waals surface area (Å²) in [7, 11) is 0. The smallest absolute Gasteiger partial charge is 0.323 e. The van der Waals surface area contributed by atoms with Gasteiger partial charge < -0.3 is 10.4 Å². The molecule has 0 radical (unpaired) electrons. The molecule has 3 rings (SSSR count). The molecular formula is C13H14FN3O2. The van der Waals surface area contributed by atoms with Crippen LogP contribution >= 0.6 is 0 Å². The monoisotopic (exact) mass is 263 g/mol. The fraction of sp³-hybridized carbons (Fsp3) is 0.385. The molecule has 0 unspecified atom stereocenters. The summed E-state index contributed by atoms with van der Waals surface area (Å²) in [6.07, 6.45) is 3.29. The first kappa shape index (κ1) is 12.0. The molecule has 0 spiro atoms. The zero-order chi connectivity index (χ0) is 13.4. The molecule has 0 aliphatic heterocycles. The number of fused-ring (bicyclic) bond motifs is 1. The lowest BCUT2D eigenvalue weighted by Crippen LogP contribution is -2.29. The van der Waals surface area contributed by atoms with Gasteiger partial charge in [0.15, 0.2) is 0 Å². The number of carbonyl (C=O) groups is 1. The fourth-order valence-corrected chi connectivity index (χ4v) is 2.24. The van der Waals surface area contributed by atoms with Crippen molar-refractivity contribution in [2.45, 2.75) is 31.8 Å². The Hall–Kier alpha value is -2.11. The van der Waals surface area contributed by atoms with Gasteiger partial charge in [0.05, 0.1) is 11.0 Å². The predicted molar refractivity (Wildman–Crippen MR) is 68.6 cm³/mol. The summed E-state index contributed by atoms with van der Waals surface area (Å²) in [5.41, 5.74) is 1.11.